The third kappa shape index (κ3) is 5.00. The van der Waals surface area contributed by atoms with Gasteiger partial charge in [0.05, 0.1) is 32.4 Å². The summed E-state index contributed by atoms with van der Waals surface area (Å²) in [6.07, 6.45) is -4.84. The van der Waals surface area contributed by atoms with E-state index in [1.165, 1.54) is 21.1 Å². The number of phenolic OH excluding ortho intramolecular Hbond substituents is 1. The van der Waals surface area contributed by atoms with Crippen LogP contribution in [0, 0.1) is 18.3 Å². The minimum atomic E-state index is -5.21. The molecule has 3 aliphatic heterocycles. The number of benzene rings is 1. The second-order valence-corrected chi connectivity index (χ2v) is 12.0. The number of alkyl halides is 3. The second kappa shape index (κ2) is 11.7. The van der Waals surface area contributed by atoms with Gasteiger partial charge in [-0.2, -0.15) is 18.4 Å². The van der Waals surface area contributed by atoms with Crippen LogP contribution in [-0.2, 0) is 30.3 Å². The number of nitrogens with zero attached hydrogens (tertiary/aromatic N) is 3. The first-order valence-electron chi connectivity index (χ1n) is 14.6. The largest absolute Gasteiger partial charge is 0.504 e. The molecule has 1 fully saturated rings. The maximum absolute atomic E-state index is 13.9. The highest BCUT2D eigenvalue weighted by Gasteiger charge is 2.58. The number of halogens is 3. The van der Waals surface area contributed by atoms with Gasteiger partial charge in [0.2, 0.25) is 11.7 Å². The van der Waals surface area contributed by atoms with Crippen LogP contribution in [0.25, 0.3) is 0 Å². The molecular formula is C31H34F3N5O7. The van der Waals surface area contributed by atoms with Crippen LogP contribution in [0.3, 0.4) is 0 Å². The van der Waals surface area contributed by atoms with Crippen molar-refractivity contribution in [1.82, 2.24) is 20.4 Å². The zero-order valence-corrected chi connectivity index (χ0v) is 26.0. The number of carbonyl (C=O) groups is 4. The van der Waals surface area contributed by atoms with Crippen LogP contribution < -0.4 is 15.4 Å². The van der Waals surface area contributed by atoms with E-state index in [9.17, 15) is 42.7 Å². The van der Waals surface area contributed by atoms with Gasteiger partial charge in [0.1, 0.15) is 12.1 Å². The quantitative estimate of drug-likeness (QED) is 0.387. The number of aryl methyl sites for hydroxylation is 1. The number of hydrogen-bond acceptors (Lipinski definition) is 10. The third-order valence-electron chi connectivity index (χ3n) is 9.53. The van der Waals surface area contributed by atoms with Crippen molar-refractivity contribution in [1.29, 1.82) is 5.26 Å². The van der Waals surface area contributed by atoms with Crippen molar-refractivity contribution in [3.05, 3.63) is 45.2 Å². The highest BCUT2D eigenvalue weighted by molar-refractivity contribution is 6.25. The molecule has 3 heterocycles. The molecule has 46 heavy (non-hydrogen) atoms. The van der Waals surface area contributed by atoms with Gasteiger partial charge < -0.3 is 25.2 Å². The monoisotopic (exact) mass is 645 g/mol. The summed E-state index contributed by atoms with van der Waals surface area (Å²) in [6.45, 7) is 3.95. The number of likely N-dealkylation sites (N-methyl/N-ethyl adjacent to an activating group) is 1. The number of hydrogen-bond donors (Lipinski definition) is 3. The van der Waals surface area contributed by atoms with Gasteiger partial charge in [-0.15, -0.1) is 0 Å². The smallest absolute Gasteiger partial charge is 0.471 e. The van der Waals surface area contributed by atoms with E-state index in [2.05, 4.69) is 11.4 Å². The number of rotatable bonds is 6. The molecule has 1 aromatic rings. The molecule has 1 saturated heterocycles. The van der Waals surface area contributed by atoms with E-state index in [-0.39, 0.29) is 46.9 Å². The summed E-state index contributed by atoms with van der Waals surface area (Å²) in [5, 5.41) is 26.2. The lowest BCUT2D eigenvalue weighted by molar-refractivity contribution is -0.174. The summed E-state index contributed by atoms with van der Waals surface area (Å²) in [5.74, 6) is -4.30. The second-order valence-electron chi connectivity index (χ2n) is 12.0. The molecule has 6 atom stereocenters. The molecule has 5 rings (SSSR count). The number of methoxy groups -OCH3 is 2. The average Bonchev–Trinajstić information content (AvgIpc) is 2.98. The molecule has 246 valence electrons. The van der Waals surface area contributed by atoms with Gasteiger partial charge in [-0.25, -0.2) is 0 Å². The van der Waals surface area contributed by atoms with Crippen molar-refractivity contribution in [2.24, 2.45) is 0 Å². The molecule has 4 aliphatic rings. The van der Waals surface area contributed by atoms with E-state index in [4.69, 9.17) is 9.47 Å². The minimum absolute atomic E-state index is 0.0183. The van der Waals surface area contributed by atoms with Gasteiger partial charge >= 0.3 is 12.1 Å². The lowest BCUT2D eigenvalue weighted by Crippen LogP contribution is -2.71. The van der Waals surface area contributed by atoms with Crippen LogP contribution in [0.2, 0.25) is 0 Å². The van der Waals surface area contributed by atoms with Gasteiger partial charge in [0, 0.05) is 40.9 Å². The molecule has 1 aromatic carbocycles. The van der Waals surface area contributed by atoms with Crippen molar-refractivity contribution in [3.8, 4) is 17.6 Å². The Balaban J connectivity index is 1.62. The molecule has 3 N–H and O–H groups in total. The SMILES string of the molecule is COC1=C(C)C(=O)C2=C(C1=O)[C@H](CNC(=O)[C@H](C)NC(=O)C(F)(F)F)N1C(C2)[C@H]2c3c(cc(C)c(OC)c3O)C[C@@H]([C@@H]1C#N)N2C. The Hall–Kier alpha value is -4.42. The number of piperazine rings is 1. The number of phenols is 1. The zero-order chi connectivity index (χ0) is 34.0. The molecular weight excluding hydrogens is 611 g/mol. The maximum atomic E-state index is 13.9. The molecule has 0 aromatic heterocycles. The van der Waals surface area contributed by atoms with E-state index < -0.39 is 65.8 Å². The number of allylic oxidation sites excluding steroid dienone is 2. The fourth-order valence-electron chi connectivity index (χ4n) is 7.50. The van der Waals surface area contributed by atoms with Crippen molar-refractivity contribution in [3.63, 3.8) is 0 Å². The Kier molecular flexibility index (Phi) is 8.41. The normalized spacial score (nSPS) is 26.8. The molecule has 2 amide bonds. The van der Waals surface area contributed by atoms with E-state index >= 15 is 0 Å². The summed E-state index contributed by atoms with van der Waals surface area (Å²) >= 11 is 0. The van der Waals surface area contributed by atoms with Gasteiger partial charge in [0.15, 0.2) is 23.0 Å². The number of Topliss-reactive ketones (excluding diaryl/α,β-unsaturated/α-hetero) is 2. The fraction of sp³-hybridized carbons (Fsp3) is 0.516. The number of ketones is 2. The molecule has 12 nitrogen and oxygen atoms in total. The van der Waals surface area contributed by atoms with Crippen LogP contribution in [0.15, 0.2) is 28.5 Å². The van der Waals surface area contributed by atoms with Gasteiger partial charge in [-0.3, -0.25) is 29.0 Å². The highest BCUT2D eigenvalue weighted by atomic mass is 19.4. The van der Waals surface area contributed by atoms with Gasteiger partial charge in [-0.05, 0) is 51.8 Å². The fourth-order valence-corrected chi connectivity index (χ4v) is 7.50. The van der Waals surface area contributed by atoms with Crippen LogP contribution in [-0.4, -0.2) is 102 Å². The molecule has 2 bridgehead atoms. The van der Waals surface area contributed by atoms with Crippen LogP contribution >= 0.6 is 0 Å². The molecule has 0 spiro atoms. The standard InChI is InChI=1S/C31H34F3N5O7/c1-12-7-15-8-17-19(10-35)39-18(23(38(17)4)21(15)25(41)27(12)45-5)9-16-22(26(42)28(46-6)13(2)24(16)40)20(39)11-36-29(43)14(3)37-30(44)31(32,33)34/h7,14,17-20,23,41H,8-9,11H2,1-6H3,(H,36,43)(H,37,44)/t14-,17-,18?,19-,20-,23-/m0/s1. The lowest BCUT2D eigenvalue weighted by atomic mass is 9.69. The summed E-state index contributed by atoms with van der Waals surface area (Å²) < 4.78 is 49.3. The summed E-state index contributed by atoms with van der Waals surface area (Å²) in [6, 6.07) is -0.991. The van der Waals surface area contributed by atoms with E-state index in [0.29, 0.717) is 17.5 Å². The molecule has 0 radical (unpaired) electrons. The summed E-state index contributed by atoms with van der Waals surface area (Å²) in [4.78, 5) is 55.8. The Labute approximate surface area is 262 Å². The van der Waals surface area contributed by atoms with Crippen LogP contribution in [0.1, 0.15) is 43.0 Å². The van der Waals surface area contributed by atoms with Crippen molar-refractivity contribution in [2.45, 2.75) is 76.0 Å². The number of nitrogens with one attached hydrogen (secondary N) is 2. The lowest BCUT2D eigenvalue weighted by Gasteiger charge is -2.60. The highest BCUT2D eigenvalue weighted by Crippen LogP contribution is 2.53. The number of carbonyl (C=O) groups excluding carboxylic acids is 4. The summed E-state index contributed by atoms with van der Waals surface area (Å²) in [7, 11) is 4.50. The first-order chi connectivity index (χ1) is 21.6. The zero-order valence-electron chi connectivity index (χ0n) is 26.0. The summed E-state index contributed by atoms with van der Waals surface area (Å²) in [5.41, 5.74) is 2.35. The predicted octanol–water partition coefficient (Wildman–Crippen LogP) is 1.51. The number of aromatic hydroxyl groups is 1. The van der Waals surface area contributed by atoms with Crippen LogP contribution in [0.4, 0.5) is 13.2 Å². The third-order valence-corrected chi connectivity index (χ3v) is 9.53. The number of fused-ring (bicyclic) bond motifs is 6. The Morgan fingerprint density at radius 1 is 1.15 bits per heavy atom. The first-order valence-corrected chi connectivity index (χ1v) is 14.6. The topological polar surface area (TPSA) is 161 Å². The van der Waals surface area contributed by atoms with E-state index in [0.717, 1.165) is 12.5 Å². The van der Waals surface area contributed by atoms with Crippen molar-refractivity contribution in [2.75, 3.05) is 27.8 Å². The Bertz CT molecular complexity index is 1650. The van der Waals surface area contributed by atoms with Crippen LogP contribution in [0.5, 0.6) is 11.5 Å². The first kappa shape index (κ1) is 33.0. The molecule has 1 aliphatic carbocycles. The van der Waals surface area contributed by atoms with Crippen molar-refractivity contribution < 1.29 is 46.9 Å². The number of amides is 2. The van der Waals surface area contributed by atoms with E-state index in [1.54, 1.807) is 17.1 Å². The number of nitriles is 1. The number of ether oxygens (including phenoxy) is 2. The van der Waals surface area contributed by atoms with E-state index in [1.807, 2.05) is 18.0 Å². The predicted molar refractivity (Wildman–Crippen MR) is 154 cm³/mol. The molecule has 0 saturated carbocycles. The molecule has 1 unspecified atom stereocenters. The van der Waals surface area contributed by atoms with Crippen molar-refractivity contribution >= 4 is 23.4 Å². The Morgan fingerprint density at radius 3 is 2.41 bits per heavy atom. The van der Waals surface area contributed by atoms with Gasteiger partial charge in [-0.1, -0.05) is 6.07 Å². The Morgan fingerprint density at radius 2 is 1.83 bits per heavy atom. The van der Waals surface area contributed by atoms with Gasteiger partial charge in [0.25, 0.3) is 0 Å². The maximum Gasteiger partial charge on any atom is 0.471 e. The average molecular weight is 646 g/mol. The molecule has 15 heteroatoms. The minimum Gasteiger partial charge on any atom is -0.504 e.